The van der Waals surface area contributed by atoms with Gasteiger partial charge in [0.1, 0.15) is 55.4 Å². The van der Waals surface area contributed by atoms with E-state index in [9.17, 15) is 45.3 Å². The number of unbranched alkanes of at least 4 members (excludes halogenated alkanes) is 28. The summed E-state index contributed by atoms with van der Waals surface area (Å²) in [4.78, 5) is 25.9. The van der Waals surface area contributed by atoms with Gasteiger partial charge in [0.25, 0.3) is 0 Å². The molecule has 15 nitrogen and oxygen atoms in total. The van der Waals surface area contributed by atoms with E-state index in [1.54, 1.807) is 0 Å². The van der Waals surface area contributed by atoms with Gasteiger partial charge in [0, 0.05) is 12.8 Å². The molecule has 0 bridgehead atoms. The molecular weight excluding hydrogens is 997 g/mol. The summed E-state index contributed by atoms with van der Waals surface area (Å²) in [5, 5.41) is 72.4. The number of carbonyl (C=O) groups is 2. The topological polar surface area (TPSA) is 231 Å². The molecule has 2 saturated heterocycles. The van der Waals surface area contributed by atoms with Crippen LogP contribution in [0.25, 0.3) is 0 Å². The maximum atomic E-state index is 13.1. The van der Waals surface area contributed by atoms with Crippen LogP contribution in [0.5, 0.6) is 0 Å². The highest BCUT2D eigenvalue weighted by Gasteiger charge is 2.47. The van der Waals surface area contributed by atoms with Crippen LogP contribution >= 0.6 is 0 Å². The summed E-state index contributed by atoms with van der Waals surface area (Å²) in [5.74, 6) is -0.972. The third-order valence-corrected chi connectivity index (χ3v) is 14.8. The van der Waals surface area contributed by atoms with Crippen molar-refractivity contribution >= 4 is 11.9 Å². The first-order valence-electron chi connectivity index (χ1n) is 31.2. The Labute approximate surface area is 471 Å². The van der Waals surface area contributed by atoms with Gasteiger partial charge in [-0.25, -0.2) is 0 Å². The zero-order valence-corrected chi connectivity index (χ0v) is 48.7. The average Bonchev–Trinajstić information content (AvgIpc) is 3.43. The maximum absolute atomic E-state index is 13.1. The lowest BCUT2D eigenvalue weighted by atomic mass is 9.98. The Morgan fingerprint density at radius 2 is 0.795 bits per heavy atom. The maximum Gasteiger partial charge on any atom is 0.306 e. The standard InChI is InChI=1S/C63H112O15/c1-3-5-7-9-11-13-15-17-19-21-23-24-25-26-28-30-32-34-36-38-40-42-44-46-55(66)76-51(48-73-54(65)45-43-41-39-37-35-33-31-29-27-22-20-18-16-14-12-10-8-6-4-2)49-74-62-61(72)59(70)57(68)53(78-62)50-75-63-60(71)58(69)56(67)52(47-64)77-63/h12,14,18,20,30,32,38,40,51-53,56-64,67-72H,3-11,13,15-17,19,21-29,31,33-37,39,41-50H2,1-2H3/b14-12+,20-18+,32-30+,40-38+/t51-,52+,53+,56-,57-,58?,59?,60?,61?,62+,63+/m1/s1. The number of allylic oxidation sites excluding steroid dienone is 8. The number of hydrogen-bond donors (Lipinski definition) is 7. The SMILES string of the molecule is CCCCC/C=C/C/C=C/CCCCCCCCCCCC(=O)OC[C@H](CO[C@H]1O[C@@H](CO[C@H]2O[C@@H](CO)[C@@H](O)C(O)C2O)[C@@H](O)C(O)C1O)OC(=O)CCC/C=C/CC/C=C/CCCCCCCCCCCCCCCC. The molecule has 2 fully saturated rings. The summed E-state index contributed by atoms with van der Waals surface area (Å²) in [6.45, 7) is 2.57. The summed E-state index contributed by atoms with van der Waals surface area (Å²) in [5.41, 5.74) is 0. The summed E-state index contributed by atoms with van der Waals surface area (Å²) in [6.07, 6.45) is 41.4. The van der Waals surface area contributed by atoms with Crippen LogP contribution in [0.3, 0.4) is 0 Å². The van der Waals surface area contributed by atoms with E-state index in [1.807, 2.05) is 0 Å². The molecule has 0 spiro atoms. The number of aliphatic hydroxyl groups excluding tert-OH is 7. The van der Waals surface area contributed by atoms with Crippen LogP contribution in [0, 0.1) is 0 Å². The van der Waals surface area contributed by atoms with Crippen LogP contribution < -0.4 is 0 Å². The second kappa shape index (κ2) is 49.1. The van der Waals surface area contributed by atoms with Gasteiger partial charge in [0.2, 0.25) is 0 Å². The van der Waals surface area contributed by atoms with Crippen molar-refractivity contribution in [1.82, 2.24) is 0 Å². The summed E-state index contributed by atoms with van der Waals surface area (Å²) in [7, 11) is 0. The summed E-state index contributed by atoms with van der Waals surface area (Å²) in [6, 6.07) is 0. The molecule has 0 aromatic heterocycles. The normalized spacial score (nSPS) is 24.3. The monoisotopic (exact) mass is 1110 g/mol. The molecule has 0 saturated carbocycles. The van der Waals surface area contributed by atoms with Crippen LogP contribution in [0.2, 0.25) is 0 Å². The van der Waals surface area contributed by atoms with Crippen molar-refractivity contribution in [2.45, 2.75) is 313 Å². The minimum absolute atomic E-state index is 0.105. The molecule has 0 radical (unpaired) electrons. The fourth-order valence-electron chi connectivity index (χ4n) is 9.68. The molecule has 0 aromatic carbocycles. The molecule has 0 aliphatic carbocycles. The van der Waals surface area contributed by atoms with Gasteiger partial charge in [-0.3, -0.25) is 9.59 Å². The Morgan fingerprint density at radius 1 is 0.410 bits per heavy atom. The van der Waals surface area contributed by atoms with Crippen molar-refractivity contribution < 1.29 is 73.8 Å². The zero-order valence-electron chi connectivity index (χ0n) is 48.7. The van der Waals surface area contributed by atoms with Crippen LogP contribution in [-0.2, 0) is 38.0 Å². The van der Waals surface area contributed by atoms with Crippen molar-refractivity contribution in [1.29, 1.82) is 0 Å². The van der Waals surface area contributed by atoms with E-state index in [-0.39, 0.29) is 19.4 Å². The molecule has 4 unspecified atom stereocenters. The number of aliphatic hydroxyl groups is 7. The highest BCUT2D eigenvalue weighted by Crippen LogP contribution is 2.27. The molecule has 2 rings (SSSR count). The van der Waals surface area contributed by atoms with E-state index in [1.165, 1.54) is 148 Å². The van der Waals surface area contributed by atoms with Gasteiger partial charge in [-0.1, -0.05) is 204 Å². The quantitative estimate of drug-likeness (QED) is 0.0171. The zero-order chi connectivity index (χ0) is 56.7. The Morgan fingerprint density at radius 3 is 1.31 bits per heavy atom. The van der Waals surface area contributed by atoms with E-state index in [2.05, 4.69) is 62.5 Å². The number of hydrogen-bond acceptors (Lipinski definition) is 15. The molecular formula is C63H112O15. The average molecular weight is 1110 g/mol. The molecule has 2 aliphatic heterocycles. The van der Waals surface area contributed by atoms with Crippen molar-refractivity contribution in [3.05, 3.63) is 48.6 Å². The molecule has 11 atom stereocenters. The van der Waals surface area contributed by atoms with Crippen molar-refractivity contribution in [3.8, 4) is 0 Å². The highest BCUT2D eigenvalue weighted by molar-refractivity contribution is 5.70. The van der Waals surface area contributed by atoms with E-state index >= 15 is 0 Å². The molecule has 78 heavy (non-hydrogen) atoms. The third kappa shape index (κ3) is 35.3. The van der Waals surface area contributed by atoms with E-state index in [4.69, 9.17) is 28.4 Å². The van der Waals surface area contributed by atoms with Crippen molar-refractivity contribution in [3.63, 3.8) is 0 Å². The first-order chi connectivity index (χ1) is 38.0. The van der Waals surface area contributed by atoms with Crippen molar-refractivity contribution in [2.75, 3.05) is 26.4 Å². The van der Waals surface area contributed by atoms with E-state index in [0.717, 1.165) is 51.4 Å². The van der Waals surface area contributed by atoms with Gasteiger partial charge in [-0.05, 0) is 77.0 Å². The number of rotatable bonds is 50. The van der Waals surface area contributed by atoms with Crippen molar-refractivity contribution in [2.24, 2.45) is 0 Å². The predicted octanol–water partition coefficient (Wildman–Crippen LogP) is 11.4. The van der Waals surface area contributed by atoms with Crippen LogP contribution in [0.4, 0.5) is 0 Å². The first-order valence-corrected chi connectivity index (χ1v) is 31.2. The van der Waals surface area contributed by atoms with E-state index < -0.39 is 99.3 Å². The van der Waals surface area contributed by atoms with Gasteiger partial charge in [-0.15, -0.1) is 0 Å². The summed E-state index contributed by atoms with van der Waals surface area (Å²) < 4.78 is 33.7. The Hall–Kier alpha value is -2.54. The van der Waals surface area contributed by atoms with Crippen LogP contribution in [0.15, 0.2) is 48.6 Å². The second-order valence-corrected chi connectivity index (χ2v) is 21.9. The summed E-state index contributed by atoms with van der Waals surface area (Å²) >= 11 is 0. The Balaban J connectivity index is 1.74. The lowest BCUT2D eigenvalue weighted by Crippen LogP contribution is -2.61. The number of ether oxygens (including phenoxy) is 6. The first kappa shape index (κ1) is 71.6. The van der Waals surface area contributed by atoms with Crippen LogP contribution in [-0.4, -0.2) is 142 Å². The molecule has 2 heterocycles. The van der Waals surface area contributed by atoms with E-state index in [0.29, 0.717) is 19.3 Å². The highest BCUT2D eigenvalue weighted by atomic mass is 16.7. The Bertz CT molecular complexity index is 1540. The minimum atomic E-state index is -1.77. The largest absolute Gasteiger partial charge is 0.462 e. The minimum Gasteiger partial charge on any atom is -0.462 e. The second-order valence-electron chi connectivity index (χ2n) is 21.9. The fourth-order valence-corrected chi connectivity index (χ4v) is 9.68. The molecule has 0 amide bonds. The number of carbonyl (C=O) groups excluding carboxylic acids is 2. The molecule has 454 valence electrons. The number of esters is 2. The molecule has 2 aliphatic rings. The van der Waals surface area contributed by atoms with Gasteiger partial charge in [-0.2, -0.15) is 0 Å². The van der Waals surface area contributed by atoms with Gasteiger partial charge < -0.3 is 64.2 Å². The van der Waals surface area contributed by atoms with Gasteiger partial charge in [0.05, 0.1) is 19.8 Å². The van der Waals surface area contributed by atoms with Gasteiger partial charge in [0.15, 0.2) is 18.7 Å². The lowest BCUT2D eigenvalue weighted by molar-refractivity contribution is -0.332. The van der Waals surface area contributed by atoms with Crippen LogP contribution in [0.1, 0.15) is 245 Å². The molecule has 15 heteroatoms. The fraction of sp³-hybridized carbons (Fsp3) is 0.841. The molecule has 0 aromatic rings. The Kier molecular flexibility index (Phi) is 45.1. The smallest absolute Gasteiger partial charge is 0.306 e. The van der Waals surface area contributed by atoms with Gasteiger partial charge >= 0.3 is 11.9 Å². The predicted molar refractivity (Wildman–Crippen MR) is 307 cm³/mol. The lowest BCUT2D eigenvalue weighted by Gasteiger charge is -2.42. The third-order valence-electron chi connectivity index (χ3n) is 14.8. The molecule has 7 N–H and O–H groups in total.